The Kier molecular flexibility index (Phi) is 2.62. The number of rotatable bonds is 1. The van der Waals surface area contributed by atoms with Gasteiger partial charge in [-0.3, -0.25) is 0 Å². The highest BCUT2D eigenvalue weighted by Gasteiger charge is 2.29. The van der Waals surface area contributed by atoms with E-state index in [-0.39, 0.29) is 12.5 Å². The fourth-order valence-electron chi connectivity index (χ4n) is 1.14. The summed E-state index contributed by atoms with van der Waals surface area (Å²) in [4.78, 5) is 0. The molecule has 0 spiro atoms. The topological polar surface area (TPSA) is 72.7 Å². The number of β-amino-alcohol motifs (C(OH)–C–C–N with tert-alkyl or cyclic N) is 1. The first-order valence-corrected chi connectivity index (χ1v) is 3.43. The van der Waals surface area contributed by atoms with Crippen molar-refractivity contribution in [2.45, 2.75) is 12.2 Å². The number of piperidine rings is 1. The van der Waals surface area contributed by atoms with Crippen molar-refractivity contribution in [3.63, 3.8) is 0 Å². The van der Waals surface area contributed by atoms with Gasteiger partial charge in [0.25, 0.3) is 0 Å². The van der Waals surface area contributed by atoms with Crippen molar-refractivity contribution < 1.29 is 15.3 Å². The molecule has 1 aliphatic rings. The van der Waals surface area contributed by atoms with E-state index in [9.17, 15) is 5.11 Å². The van der Waals surface area contributed by atoms with Crippen molar-refractivity contribution in [2.24, 2.45) is 5.92 Å². The van der Waals surface area contributed by atoms with Crippen LogP contribution in [0.2, 0.25) is 0 Å². The van der Waals surface area contributed by atoms with Crippen LogP contribution in [0, 0.1) is 5.92 Å². The summed E-state index contributed by atoms with van der Waals surface area (Å²) in [6.45, 7) is 0.914. The van der Waals surface area contributed by atoms with E-state index in [1.54, 1.807) is 0 Å². The van der Waals surface area contributed by atoms with Crippen LogP contribution in [0.15, 0.2) is 0 Å². The van der Waals surface area contributed by atoms with Crippen molar-refractivity contribution in [3.05, 3.63) is 0 Å². The van der Waals surface area contributed by atoms with Crippen LogP contribution in [0.4, 0.5) is 0 Å². The van der Waals surface area contributed by atoms with E-state index >= 15 is 0 Å². The molecule has 1 aliphatic heterocycles. The van der Waals surface area contributed by atoms with Gasteiger partial charge in [-0.2, -0.15) is 0 Å². The summed E-state index contributed by atoms with van der Waals surface area (Å²) >= 11 is 0. The molecule has 0 saturated carbocycles. The lowest BCUT2D eigenvalue weighted by molar-refractivity contribution is -0.0490. The Balaban J connectivity index is 2.42. The molecule has 1 rings (SSSR count). The molecule has 3 atom stereocenters. The van der Waals surface area contributed by atoms with Gasteiger partial charge in [-0.05, 0) is 0 Å². The summed E-state index contributed by atoms with van der Waals surface area (Å²) in [6, 6.07) is 0. The van der Waals surface area contributed by atoms with Gasteiger partial charge in [-0.25, -0.2) is 0 Å². The Morgan fingerprint density at radius 2 is 2.00 bits per heavy atom. The van der Waals surface area contributed by atoms with E-state index in [1.807, 2.05) is 0 Å². The molecule has 0 aromatic heterocycles. The summed E-state index contributed by atoms with van der Waals surface area (Å²) in [5.74, 6) is -0.219. The van der Waals surface area contributed by atoms with Gasteiger partial charge >= 0.3 is 0 Å². The van der Waals surface area contributed by atoms with Gasteiger partial charge < -0.3 is 20.6 Å². The van der Waals surface area contributed by atoms with Gasteiger partial charge in [-0.1, -0.05) is 0 Å². The lowest BCUT2D eigenvalue weighted by Crippen LogP contribution is -2.51. The molecule has 60 valence electrons. The zero-order valence-corrected chi connectivity index (χ0v) is 5.70. The van der Waals surface area contributed by atoms with E-state index in [0.29, 0.717) is 13.1 Å². The maximum Gasteiger partial charge on any atom is 0.0927 e. The first-order chi connectivity index (χ1) is 4.75. The summed E-state index contributed by atoms with van der Waals surface area (Å²) in [5, 5.41) is 29.8. The Morgan fingerprint density at radius 3 is 2.50 bits per heavy atom. The second kappa shape index (κ2) is 3.30. The number of aliphatic hydroxyl groups excluding tert-OH is 3. The highest BCUT2D eigenvalue weighted by atomic mass is 16.3. The van der Waals surface area contributed by atoms with Crippen molar-refractivity contribution in [1.82, 2.24) is 5.32 Å². The van der Waals surface area contributed by atoms with Crippen LogP contribution < -0.4 is 5.32 Å². The van der Waals surface area contributed by atoms with Gasteiger partial charge in [0.15, 0.2) is 0 Å². The third-order valence-electron chi connectivity index (χ3n) is 1.87. The molecule has 1 saturated heterocycles. The first kappa shape index (κ1) is 7.94. The Labute approximate surface area is 59.5 Å². The fraction of sp³-hybridized carbons (Fsp3) is 1.00. The first-order valence-electron chi connectivity index (χ1n) is 3.43. The van der Waals surface area contributed by atoms with Crippen molar-refractivity contribution in [2.75, 3.05) is 19.7 Å². The molecule has 1 heterocycles. The van der Waals surface area contributed by atoms with Crippen molar-refractivity contribution in [3.8, 4) is 0 Å². The zero-order valence-electron chi connectivity index (χ0n) is 5.70. The summed E-state index contributed by atoms with van der Waals surface area (Å²) in [7, 11) is 0. The largest absolute Gasteiger partial charge is 0.396 e. The lowest BCUT2D eigenvalue weighted by atomic mass is 9.95. The average molecular weight is 147 g/mol. The zero-order chi connectivity index (χ0) is 7.56. The number of nitrogens with one attached hydrogen (secondary N) is 1. The maximum absolute atomic E-state index is 9.19. The quantitative estimate of drug-likeness (QED) is 0.343. The number of aliphatic hydroxyl groups is 3. The van der Waals surface area contributed by atoms with E-state index in [1.165, 1.54) is 0 Å². The molecule has 1 fully saturated rings. The van der Waals surface area contributed by atoms with E-state index < -0.39 is 12.2 Å². The Hall–Kier alpha value is -0.160. The standard InChI is InChI=1S/C6H13NO3/c8-3-4-1-7-2-5(9)6(4)10/h4-10H,1-3H2. The van der Waals surface area contributed by atoms with Crippen LogP contribution in [0.5, 0.6) is 0 Å². The highest BCUT2D eigenvalue weighted by molar-refractivity contribution is 4.83. The fourth-order valence-corrected chi connectivity index (χ4v) is 1.14. The SMILES string of the molecule is OCC1CNCC(O)C1O. The molecule has 10 heavy (non-hydrogen) atoms. The Morgan fingerprint density at radius 1 is 1.30 bits per heavy atom. The van der Waals surface area contributed by atoms with Gasteiger partial charge in [0.05, 0.1) is 12.2 Å². The number of hydrogen-bond acceptors (Lipinski definition) is 4. The maximum atomic E-state index is 9.19. The molecule has 0 radical (unpaired) electrons. The summed E-state index contributed by atoms with van der Waals surface area (Å²) in [6.07, 6.45) is -1.50. The molecule has 4 nitrogen and oxygen atoms in total. The average Bonchev–Trinajstić information content (AvgIpc) is 1.95. The minimum Gasteiger partial charge on any atom is -0.396 e. The van der Waals surface area contributed by atoms with Crippen LogP contribution in [0.25, 0.3) is 0 Å². The molecule has 0 aromatic carbocycles. The van der Waals surface area contributed by atoms with Crippen LogP contribution in [0.1, 0.15) is 0 Å². The van der Waals surface area contributed by atoms with Gasteiger partial charge in [0, 0.05) is 25.6 Å². The number of hydrogen-bond donors (Lipinski definition) is 4. The molecular formula is C6H13NO3. The van der Waals surface area contributed by atoms with Gasteiger partial charge in [-0.15, -0.1) is 0 Å². The van der Waals surface area contributed by atoms with Gasteiger partial charge in [0.1, 0.15) is 0 Å². The summed E-state index contributed by atoms with van der Waals surface area (Å²) < 4.78 is 0. The molecule has 0 aliphatic carbocycles. The normalized spacial score (nSPS) is 41.7. The molecule has 0 aromatic rings. The second-order valence-electron chi connectivity index (χ2n) is 2.66. The highest BCUT2D eigenvalue weighted by Crippen LogP contribution is 2.10. The molecule has 0 amide bonds. The predicted octanol–water partition coefficient (Wildman–Crippen LogP) is -2.08. The predicted molar refractivity (Wildman–Crippen MR) is 35.5 cm³/mol. The molecule has 3 unspecified atom stereocenters. The molecule has 0 bridgehead atoms. The minimum atomic E-state index is -0.772. The van der Waals surface area contributed by atoms with E-state index in [2.05, 4.69) is 5.32 Å². The molecular weight excluding hydrogens is 134 g/mol. The second-order valence-corrected chi connectivity index (χ2v) is 2.66. The molecule has 4 N–H and O–H groups in total. The lowest BCUT2D eigenvalue weighted by Gasteiger charge is -2.30. The summed E-state index contributed by atoms with van der Waals surface area (Å²) in [5.41, 5.74) is 0. The van der Waals surface area contributed by atoms with Crippen LogP contribution in [0.3, 0.4) is 0 Å². The van der Waals surface area contributed by atoms with Crippen molar-refractivity contribution >= 4 is 0 Å². The minimum absolute atomic E-state index is 0.0781. The van der Waals surface area contributed by atoms with Crippen LogP contribution in [-0.4, -0.2) is 47.2 Å². The van der Waals surface area contributed by atoms with E-state index in [0.717, 1.165) is 0 Å². The third kappa shape index (κ3) is 1.46. The van der Waals surface area contributed by atoms with E-state index in [4.69, 9.17) is 10.2 Å². The third-order valence-corrected chi connectivity index (χ3v) is 1.87. The molecule has 4 heteroatoms. The smallest absolute Gasteiger partial charge is 0.0927 e. The monoisotopic (exact) mass is 147 g/mol. The Bertz CT molecular complexity index is 109. The van der Waals surface area contributed by atoms with Gasteiger partial charge in [0.2, 0.25) is 0 Å². The van der Waals surface area contributed by atoms with Crippen molar-refractivity contribution in [1.29, 1.82) is 0 Å². The van der Waals surface area contributed by atoms with Crippen LogP contribution in [-0.2, 0) is 0 Å². The van der Waals surface area contributed by atoms with Crippen LogP contribution >= 0.6 is 0 Å².